The molecular weight excluding hydrogens is 395 g/mol. The van der Waals surface area contributed by atoms with Crippen LogP contribution in [0.5, 0.6) is 5.75 Å². The van der Waals surface area contributed by atoms with Crippen LogP contribution in [-0.4, -0.2) is 35.5 Å². The van der Waals surface area contributed by atoms with Gasteiger partial charge in [-0.15, -0.1) is 0 Å². The van der Waals surface area contributed by atoms with Crippen molar-refractivity contribution in [2.75, 3.05) is 18.5 Å². The first-order chi connectivity index (χ1) is 12.8. The Balaban J connectivity index is 2.39. The molecule has 2 rings (SSSR count). The summed E-state index contributed by atoms with van der Waals surface area (Å²) in [7, 11) is 0. The van der Waals surface area contributed by atoms with Crippen molar-refractivity contribution in [1.82, 2.24) is 0 Å². The summed E-state index contributed by atoms with van der Waals surface area (Å²) < 4.78 is 5.41. The van der Waals surface area contributed by atoms with Gasteiger partial charge in [-0.05, 0) is 36.4 Å². The molecule has 0 heterocycles. The molecule has 0 amide bonds. The molecule has 0 aromatic heterocycles. The Kier molecular flexibility index (Phi) is 7.28. The highest BCUT2D eigenvalue weighted by molar-refractivity contribution is 6.35. The number of hydrogen-bond acceptors (Lipinski definition) is 7. The lowest BCUT2D eigenvalue weighted by Gasteiger charge is -2.25. The molecule has 0 aliphatic rings. The van der Waals surface area contributed by atoms with Crippen molar-refractivity contribution in [2.45, 2.75) is 12.1 Å². The van der Waals surface area contributed by atoms with E-state index >= 15 is 0 Å². The molecule has 0 radical (unpaired) electrons. The number of aliphatic hydroxyl groups excluding tert-OH is 2. The van der Waals surface area contributed by atoms with Crippen LogP contribution in [0.3, 0.4) is 0 Å². The molecule has 0 spiro atoms. The number of ether oxygens (including phenoxy) is 1. The summed E-state index contributed by atoms with van der Waals surface area (Å²) in [6.07, 6.45) is -1.17. The molecule has 0 aliphatic carbocycles. The number of carbonyl (C=O) groups excluding carboxylic acids is 1. The number of aliphatic carboxylic acids is 1. The van der Waals surface area contributed by atoms with Crippen LogP contribution in [0.15, 0.2) is 36.4 Å². The predicted octanol–water partition coefficient (Wildman–Crippen LogP) is 1.50. The molecule has 27 heavy (non-hydrogen) atoms. The van der Waals surface area contributed by atoms with Crippen LogP contribution < -0.4 is 15.2 Å². The van der Waals surface area contributed by atoms with Crippen LogP contribution in [-0.2, 0) is 4.79 Å². The SMILES string of the molecule is N#Cc1ccc(NC(C(=O)[O-])c2cc(Cl)cc(Cl)c2OCC(O)CO)cc1. The van der Waals surface area contributed by atoms with Gasteiger partial charge in [0.25, 0.3) is 0 Å². The van der Waals surface area contributed by atoms with Crippen molar-refractivity contribution in [1.29, 1.82) is 5.26 Å². The van der Waals surface area contributed by atoms with Gasteiger partial charge in [-0.2, -0.15) is 5.26 Å². The Bertz CT molecular complexity index is 852. The maximum Gasteiger partial charge on any atom is 0.143 e. The molecule has 7 nitrogen and oxygen atoms in total. The average Bonchev–Trinajstić information content (AvgIpc) is 2.64. The van der Waals surface area contributed by atoms with E-state index in [9.17, 15) is 15.0 Å². The fourth-order valence-electron chi connectivity index (χ4n) is 2.25. The summed E-state index contributed by atoms with van der Waals surface area (Å²) >= 11 is 12.1. The quantitative estimate of drug-likeness (QED) is 0.602. The number of carboxylic acid groups (broad SMARTS) is 1. The van der Waals surface area contributed by atoms with Gasteiger partial charge in [0.15, 0.2) is 0 Å². The van der Waals surface area contributed by atoms with Gasteiger partial charge in [-0.1, -0.05) is 23.2 Å². The van der Waals surface area contributed by atoms with E-state index in [1.54, 1.807) is 0 Å². The number of hydrogen-bond donors (Lipinski definition) is 3. The van der Waals surface area contributed by atoms with E-state index < -0.39 is 24.7 Å². The molecule has 2 unspecified atom stereocenters. The van der Waals surface area contributed by atoms with Crippen molar-refractivity contribution in [3.05, 3.63) is 57.6 Å². The Morgan fingerprint density at radius 1 is 1.30 bits per heavy atom. The highest BCUT2D eigenvalue weighted by Gasteiger charge is 2.22. The second kappa shape index (κ2) is 9.44. The van der Waals surface area contributed by atoms with E-state index in [0.717, 1.165) is 0 Å². The summed E-state index contributed by atoms with van der Waals surface area (Å²) in [6, 6.07) is 9.42. The minimum absolute atomic E-state index is 0.0103. The van der Waals surface area contributed by atoms with Crippen LogP contribution in [0.4, 0.5) is 5.69 Å². The van der Waals surface area contributed by atoms with Crippen LogP contribution in [0.1, 0.15) is 17.2 Å². The summed E-state index contributed by atoms with van der Waals surface area (Å²) in [5, 5.41) is 41.9. The number of anilines is 1. The third-order valence-corrected chi connectivity index (χ3v) is 4.04. The van der Waals surface area contributed by atoms with E-state index in [1.165, 1.54) is 36.4 Å². The molecule has 0 saturated carbocycles. The molecule has 3 N–H and O–H groups in total. The molecule has 2 atom stereocenters. The van der Waals surface area contributed by atoms with Crippen LogP contribution >= 0.6 is 23.2 Å². The summed E-state index contributed by atoms with van der Waals surface area (Å²) in [5.74, 6) is -1.48. The topological polar surface area (TPSA) is 126 Å². The first kappa shape index (κ1) is 20.8. The van der Waals surface area contributed by atoms with Gasteiger partial charge in [0.2, 0.25) is 0 Å². The highest BCUT2D eigenvalue weighted by atomic mass is 35.5. The number of nitrogens with one attached hydrogen (secondary N) is 1. The minimum atomic E-state index is -1.47. The molecule has 0 aliphatic heterocycles. The van der Waals surface area contributed by atoms with Gasteiger partial charge >= 0.3 is 0 Å². The zero-order valence-electron chi connectivity index (χ0n) is 13.9. The third-order valence-electron chi connectivity index (χ3n) is 3.54. The Morgan fingerprint density at radius 3 is 2.52 bits per heavy atom. The van der Waals surface area contributed by atoms with E-state index in [-0.39, 0.29) is 28.0 Å². The normalized spacial score (nSPS) is 12.7. The largest absolute Gasteiger partial charge is 0.548 e. The first-order valence-electron chi connectivity index (χ1n) is 7.74. The number of nitriles is 1. The van der Waals surface area contributed by atoms with Gasteiger partial charge in [0, 0.05) is 16.3 Å². The summed E-state index contributed by atoms with van der Waals surface area (Å²) in [6.45, 7) is -0.838. The van der Waals surface area contributed by atoms with E-state index in [0.29, 0.717) is 11.3 Å². The maximum atomic E-state index is 11.7. The molecule has 142 valence electrons. The fourth-order valence-corrected chi connectivity index (χ4v) is 2.81. The number of nitrogens with zero attached hydrogens (tertiary/aromatic N) is 1. The Hall–Kier alpha value is -2.50. The van der Waals surface area contributed by atoms with Crippen molar-refractivity contribution in [3.8, 4) is 11.8 Å². The van der Waals surface area contributed by atoms with E-state index in [4.69, 9.17) is 38.3 Å². The lowest BCUT2D eigenvalue weighted by molar-refractivity contribution is -0.307. The van der Waals surface area contributed by atoms with Crippen molar-refractivity contribution in [3.63, 3.8) is 0 Å². The second-order valence-electron chi connectivity index (χ2n) is 5.54. The zero-order chi connectivity index (χ0) is 20.0. The molecule has 0 saturated heterocycles. The number of aliphatic hydroxyl groups is 2. The summed E-state index contributed by atoms with van der Waals surface area (Å²) in [5.41, 5.74) is 0.918. The zero-order valence-corrected chi connectivity index (χ0v) is 15.4. The molecule has 2 aromatic rings. The van der Waals surface area contributed by atoms with Crippen molar-refractivity contribution in [2.24, 2.45) is 0 Å². The van der Waals surface area contributed by atoms with Gasteiger partial charge in [0.05, 0.1) is 35.3 Å². The van der Waals surface area contributed by atoms with Crippen LogP contribution in [0, 0.1) is 11.3 Å². The molecule has 0 bridgehead atoms. The third kappa shape index (κ3) is 5.49. The van der Waals surface area contributed by atoms with E-state index in [1.807, 2.05) is 6.07 Å². The van der Waals surface area contributed by atoms with Gasteiger partial charge in [-0.3, -0.25) is 0 Å². The molecule has 9 heteroatoms. The van der Waals surface area contributed by atoms with Crippen molar-refractivity contribution < 1.29 is 24.9 Å². The Morgan fingerprint density at radius 2 is 1.96 bits per heavy atom. The number of benzene rings is 2. The summed E-state index contributed by atoms with van der Waals surface area (Å²) in [4.78, 5) is 11.7. The average molecular weight is 410 g/mol. The van der Waals surface area contributed by atoms with Gasteiger partial charge in [-0.25, -0.2) is 0 Å². The first-order valence-corrected chi connectivity index (χ1v) is 8.49. The van der Waals surface area contributed by atoms with Crippen LogP contribution in [0.25, 0.3) is 0 Å². The number of rotatable bonds is 8. The second-order valence-corrected chi connectivity index (χ2v) is 6.38. The monoisotopic (exact) mass is 409 g/mol. The number of carbonyl (C=O) groups is 1. The van der Waals surface area contributed by atoms with E-state index in [2.05, 4.69) is 5.32 Å². The highest BCUT2D eigenvalue weighted by Crippen LogP contribution is 2.37. The Labute approximate surface area is 165 Å². The fraction of sp³-hybridized carbons (Fsp3) is 0.222. The molecule has 0 fully saturated rings. The smallest absolute Gasteiger partial charge is 0.143 e. The van der Waals surface area contributed by atoms with Gasteiger partial charge in [0.1, 0.15) is 18.5 Å². The van der Waals surface area contributed by atoms with Crippen molar-refractivity contribution >= 4 is 34.9 Å². The number of carboxylic acids is 1. The maximum absolute atomic E-state index is 11.7. The predicted molar refractivity (Wildman–Crippen MR) is 97.6 cm³/mol. The lowest BCUT2D eigenvalue weighted by Crippen LogP contribution is -2.35. The number of halogens is 2. The minimum Gasteiger partial charge on any atom is -0.548 e. The molecular formula is C18H15Cl2N2O5-. The standard InChI is InChI=1S/C18H16Cl2N2O5/c19-11-5-14(17(15(20)6-11)27-9-13(24)8-23)16(18(25)26)22-12-3-1-10(7-21)2-4-12/h1-6,13,16,22-24H,8-9H2,(H,25,26)/p-1. The molecule has 2 aromatic carbocycles. The van der Waals surface area contributed by atoms with Crippen LogP contribution in [0.2, 0.25) is 10.0 Å². The lowest BCUT2D eigenvalue weighted by atomic mass is 10.0. The van der Waals surface area contributed by atoms with Gasteiger partial charge < -0.3 is 30.2 Å².